The van der Waals surface area contributed by atoms with Gasteiger partial charge in [0.15, 0.2) is 0 Å². The van der Waals surface area contributed by atoms with Gasteiger partial charge < -0.3 is 30.3 Å². The number of carbonyl (C=O) groups excluding carboxylic acids is 4. The number of para-hydroxylation sites is 1. The van der Waals surface area contributed by atoms with E-state index >= 15 is 0 Å². The molecule has 3 aromatic carbocycles. The number of anilines is 2. The number of carbonyl (C=O) groups is 4. The highest BCUT2D eigenvalue weighted by molar-refractivity contribution is 8.00. The summed E-state index contributed by atoms with van der Waals surface area (Å²) < 4.78 is 11.3. The van der Waals surface area contributed by atoms with Gasteiger partial charge in [-0.3, -0.25) is 14.4 Å². The fourth-order valence-corrected chi connectivity index (χ4v) is 7.83. The Morgan fingerprint density at radius 3 is 2.44 bits per heavy atom. The van der Waals surface area contributed by atoms with E-state index in [0.717, 1.165) is 15.3 Å². The van der Waals surface area contributed by atoms with E-state index in [2.05, 4.69) is 22.0 Å². The smallest absolute Gasteiger partial charge is 0.410 e. The quantitative estimate of drug-likeness (QED) is 0.0965. The van der Waals surface area contributed by atoms with Crippen molar-refractivity contribution in [3.05, 3.63) is 112 Å². The summed E-state index contributed by atoms with van der Waals surface area (Å²) in [7, 11) is 0. The van der Waals surface area contributed by atoms with Crippen molar-refractivity contribution in [3.63, 3.8) is 0 Å². The summed E-state index contributed by atoms with van der Waals surface area (Å²) in [6, 6.07) is 25.2. The number of ether oxygens (including phenoxy) is 2. The van der Waals surface area contributed by atoms with Crippen molar-refractivity contribution < 1.29 is 28.7 Å². The number of benzene rings is 3. The molecule has 1 aromatic heterocycles. The van der Waals surface area contributed by atoms with Gasteiger partial charge in [0.05, 0.1) is 24.0 Å². The Morgan fingerprint density at radius 1 is 1.00 bits per heavy atom. The first-order chi connectivity index (χ1) is 25.9. The predicted molar refractivity (Wildman–Crippen MR) is 213 cm³/mol. The van der Waals surface area contributed by atoms with E-state index in [4.69, 9.17) is 9.47 Å². The molecule has 0 saturated carbocycles. The lowest BCUT2D eigenvalue weighted by molar-refractivity contribution is -0.116. The molecule has 4 amide bonds. The highest BCUT2D eigenvalue weighted by Gasteiger charge is 2.31. The number of thioether (sulfide) groups is 1. The molecule has 0 fully saturated rings. The van der Waals surface area contributed by atoms with E-state index in [1.807, 2.05) is 52.8 Å². The SMILES string of the molecule is CCOc1ccccc1/C=C(/NC(=O)c1ccccc1)C(=O)Nc1cccc(SC(CC)C(=O)Nc2sc3c(c2C#N)CCN(C(=O)OC(C)(C)C)C3)c1. The number of hydrogen-bond donors (Lipinski definition) is 3. The zero-order valence-electron chi connectivity index (χ0n) is 30.9. The summed E-state index contributed by atoms with van der Waals surface area (Å²) in [6.45, 7) is 10.4. The molecule has 0 aliphatic carbocycles. The minimum Gasteiger partial charge on any atom is -0.493 e. The Balaban J connectivity index is 1.30. The van der Waals surface area contributed by atoms with Crippen LogP contribution in [0.3, 0.4) is 0 Å². The van der Waals surface area contributed by atoms with Crippen LogP contribution in [0, 0.1) is 11.3 Å². The van der Waals surface area contributed by atoms with Gasteiger partial charge in [0.25, 0.3) is 11.8 Å². The van der Waals surface area contributed by atoms with Gasteiger partial charge in [-0.15, -0.1) is 23.1 Å². The van der Waals surface area contributed by atoms with Crippen LogP contribution in [0.15, 0.2) is 89.5 Å². The monoisotopic (exact) mass is 765 g/mol. The van der Waals surface area contributed by atoms with Crippen molar-refractivity contribution in [3.8, 4) is 11.8 Å². The van der Waals surface area contributed by atoms with Gasteiger partial charge in [-0.05, 0) is 88.6 Å². The molecule has 0 spiro atoms. The van der Waals surface area contributed by atoms with Gasteiger partial charge in [-0.1, -0.05) is 49.4 Å². The number of nitrogens with zero attached hydrogens (tertiary/aromatic N) is 2. The van der Waals surface area contributed by atoms with E-state index in [1.165, 1.54) is 23.1 Å². The Bertz CT molecular complexity index is 2080. The standard InChI is InChI=1S/C41H43N5O6S2/c1-6-34(38(49)45-39-31(24-42)30-20-21-46(25-35(30)54-39)40(50)52-41(3,4)5)53-29-18-13-17-28(23-29)43-37(48)32(44-36(47)26-14-9-8-10-15-26)22-27-16-11-12-19-33(27)51-7-2/h8-19,22-23,34H,6-7,20-21,25H2,1-5H3,(H,43,48)(H,44,47)(H,45,49)/b32-22+. The summed E-state index contributed by atoms with van der Waals surface area (Å²) in [5.74, 6) is -0.696. The molecule has 0 saturated heterocycles. The highest BCUT2D eigenvalue weighted by Crippen LogP contribution is 2.38. The van der Waals surface area contributed by atoms with Crippen LogP contribution in [0.2, 0.25) is 0 Å². The van der Waals surface area contributed by atoms with Crippen molar-refractivity contribution in [2.75, 3.05) is 23.8 Å². The maximum Gasteiger partial charge on any atom is 0.410 e. The zero-order valence-corrected chi connectivity index (χ0v) is 32.5. The average Bonchev–Trinajstić information content (AvgIpc) is 3.50. The summed E-state index contributed by atoms with van der Waals surface area (Å²) in [5, 5.41) is 18.6. The Morgan fingerprint density at radius 2 is 1.74 bits per heavy atom. The van der Waals surface area contributed by atoms with Crippen LogP contribution in [0.5, 0.6) is 5.75 Å². The fraction of sp³-hybridized carbons (Fsp3) is 0.293. The van der Waals surface area contributed by atoms with E-state index < -0.39 is 28.8 Å². The number of fused-ring (bicyclic) bond motifs is 1. The number of amides is 4. The molecule has 1 aliphatic rings. The second-order valence-electron chi connectivity index (χ2n) is 13.3. The van der Waals surface area contributed by atoms with E-state index in [9.17, 15) is 24.4 Å². The predicted octanol–water partition coefficient (Wildman–Crippen LogP) is 8.23. The number of nitrogens with one attached hydrogen (secondary N) is 3. The van der Waals surface area contributed by atoms with Crippen LogP contribution in [0.1, 0.15) is 73.0 Å². The fourth-order valence-electron chi connectivity index (χ4n) is 5.60. The summed E-state index contributed by atoms with van der Waals surface area (Å²) >= 11 is 2.63. The third-order valence-corrected chi connectivity index (χ3v) is 10.6. The Hall–Kier alpha value is -5.58. The molecule has 1 aliphatic heterocycles. The molecule has 0 bridgehead atoms. The molecule has 54 heavy (non-hydrogen) atoms. The van der Waals surface area contributed by atoms with Gasteiger partial charge >= 0.3 is 6.09 Å². The molecule has 5 rings (SSSR count). The normalized spacial score (nSPS) is 13.2. The van der Waals surface area contributed by atoms with Crippen molar-refractivity contribution in [2.45, 2.75) is 69.8 Å². The van der Waals surface area contributed by atoms with Crippen LogP contribution in [-0.2, 0) is 27.3 Å². The Kier molecular flexibility index (Phi) is 13.2. The van der Waals surface area contributed by atoms with Gasteiger partial charge in [0.2, 0.25) is 5.91 Å². The summed E-state index contributed by atoms with van der Waals surface area (Å²) in [4.78, 5) is 56.4. The first-order valence-electron chi connectivity index (χ1n) is 17.6. The molecule has 0 radical (unpaired) electrons. The highest BCUT2D eigenvalue weighted by atomic mass is 32.2. The molecular formula is C41H43N5O6S2. The third kappa shape index (κ3) is 10.3. The largest absolute Gasteiger partial charge is 0.493 e. The average molecular weight is 766 g/mol. The molecule has 13 heteroatoms. The Labute approximate surface area is 323 Å². The molecular weight excluding hydrogens is 723 g/mol. The topological polar surface area (TPSA) is 150 Å². The number of rotatable bonds is 12. The van der Waals surface area contributed by atoms with Crippen molar-refractivity contribution in [1.29, 1.82) is 5.26 Å². The van der Waals surface area contributed by atoms with Crippen molar-refractivity contribution in [1.82, 2.24) is 10.2 Å². The minimum atomic E-state index is -0.626. The van der Waals surface area contributed by atoms with Crippen molar-refractivity contribution in [2.24, 2.45) is 0 Å². The number of nitriles is 1. The van der Waals surface area contributed by atoms with E-state index in [1.54, 1.807) is 71.6 Å². The molecule has 11 nitrogen and oxygen atoms in total. The van der Waals surface area contributed by atoms with E-state index in [-0.39, 0.29) is 11.6 Å². The number of thiophene rings is 1. The summed E-state index contributed by atoms with van der Waals surface area (Å²) in [5.41, 5.74) is 2.12. The second kappa shape index (κ2) is 18.0. The van der Waals surface area contributed by atoms with Crippen LogP contribution in [-0.4, -0.2) is 52.7 Å². The van der Waals surface area contributed by atoms with Crippen LogP contribution in [0.25, 0.3) is 6.08 Å². The molecule has 2 heterocycles. The maximum atomic E-state index is 13.8. The van der Waals surface area contributed by atoms with Crippen LogP contribution in [0.4, 0.5) is 15.5 Å². The molecule has 1 atom stereocenters. The minimum absolute atomic E-state index is 0.0148. The molecule has 280 valence electrons. The van der Waals surface area contributed by atoms with Crippen LogP contribution < -0.4 is 20.7 Å². The molecule has 1 unspecified atom stereocenters. The molecule has 4 aromatic rings. The van der Waals surface area contributed by atoms with Crippen molar-refractivity contribution >= 4 is 63.7 Å². The third-order valence-electron chi connectivity index (χ3n) is 8.14. The molecule has 3 N–H and O–H groups in total. The first-order valence-corrected chi connectivity index (χ1v) is 19.3. The maximum absolute atomic E-state index is 13.8. The lowest BCUT2D eigenvalue weighted by Gasteiger charge is -2.29. The van der Waals surface area contributed by atoms with Gasteiger partial charge in [-0.25, -0.2) is 4.79 Å². The zero-order chi connectivity index (χ0) is 38.8. The lowest BCUT2D eigenvalue weighted by Crippen LogP contribution is -2.39. The van der Waals surface area contributed by atoms with Gasteiger partial charge in [0.1, 0.15) is 28.1 Å². The number of hydrogen-bond acceptors (Lipinski definition) is 9. The lowest BCUT2D eigenvalue weighted by atomic mass is 10.0. The second-order valence-corrected chi connectivity index (χ2v) is 15.7. The van der Waals surface area contributed by atoms with Crippen LogP contribution >= 0.6 is 23.1 Å². The van der Waals surface area contributed by atoms with E-state index in [0.29, 0.717) is 65.7 Å². The van der Waals surface area contributed by atoms with Gasteiger partial charge in [0, 0.05) is 33.1 Å². The van der Waals surface area contributed by atoms with Gasteiger partial charge in [-0.2, -0.15) is 5.26 Å². The summed E-state index contributed by atoms with van der Waals surface area (Å²) in [6.07, 6.45) is 2.14. The first kappa shape index (κ1) is 39.6.